The van der Waals surface area contributed by atoms with E-state index in [1.807, 2.05) is 79.7 Å². The van der Waals surface area contributed by atoms with Gasteiger partial charge in [0.2, 0.25) is 0 Å². The van der Waals surface area contributed by atoms with Crippen molar-refractivity contribution in [2.75, 3.05) is 0 Å². The van der Waals surface area contributed by atoms with E-state index in [4.69, 9.17) is 0 Å². The number of rotatable bonds is 7. The summed E-state index contributed by atoms with van der Waals surface area (Å²) in [5.74, 6) is -0.0529. The van der Waals surface area contributed by atoms with Crippen molar-refractivity contribution >= 4 is 11.4 Å². The van der Waals surface area contributed by atoms with Gasteiger partial charge in [0.1, 0.15) is 0 Å². The Kier molecular flexibility index (Phi) is 6.91. The maximum atomic E-state index is 14.1. The number of carbonyl (C=O) groups excluding carboxylic acids is 1. The average molecular weight is 480 g/mol. The summed E-state index contributed by atoms with van der Waals surface area (Å²) in [6.45, 7) is 5.93. The summed E-state index contributed by atoms with van der Waals surface area (Å²) in [6, 6.07) is 23.7. The molecule has 0 amide bonds. The second-order valence-corrected chi connectivity index (χ2v) is 8.58. The van der Waals surface area contributed by atoms with E-state index in [1.54, 1.807) is 37.2 Å². The van der Waals surface area contributed by atoms with Gasteiger partial charge in [-0.3, -0.25) is 19.7 Å². The number of hydrogen-bond acceptors (Lipinski definition) is 4. The molecule has 0 fully saturated rings. The van der Waals surface area contributed by atoms with Crippen molar-refractivity contribution in [1.29, 1.82) is 0 Å². The van der Waals surface area contributed by atoms with E-state index in [0.29, 0.717) is 11.1 Å². The molecule has 0 radical (unpaired) electrons. The molecule has 178 valence electrons. The van der Waals surface area contributed by atoms with Crippen molar-refractivity contribution in [2.24, 2.45) is 0 Å². The fourth-order valence-corrected chi connectivity index (χ4v) is 4.39. The molecule has 4 heteroatoms. The fourth-order valence-electron chi connectivity index (χ4n) is 4.39. The maximum Gasteiger partial charge on any atom is 0.193 e. The zero-order valence-electron chi connectivity index (χ0n) is 20.5. The van der Waals surface area contributed by atoms with E-state index >= 15 is 0 Å². The SMILES string of the molecule is C=C/C(=C\C)c1cc(C(=O)c2cc(-c3ccncc3)cc(-c3ccncc3)c2)cc(-c2ccncc2)c1. The van der Waals surface area contributed by atoms with Gasteiger partial charge in [0, 0.05) is 48.3 Å². The van der Waals surface area contributed by atoms with Crippen LogP contribution in [0.25, 0.3) is 39.0 Å². The Morgan fingerprint density at radius 3 is 1.35 bits per heavy atom. The zero-order chi connectivity index (χ0) is 25.6. The topological polar surface area (TPSA) is 55.7 Å². The van der Waals surface area contributed by atoms with Gasteiger partial charge in [-0.1, -0.05) is 18.7 Å². The van der Waals surface area contributed by atoms with Gasteiger partial charge in [-0.15, -0.1) is 0 Å². The summed E-state index contributed by atoms with van der Waals surface area (Å²) in [5.41, 5.74) is 8.96. The molecule has 0 bridgehead atoms. The first-order valence-electron chi connectivity index (χ1n) is 12.0. The van der Waals surface area contributed by atoms with E-state index in [0.717, 1.165) is 44.5 Å². The molecule has 2 aromatic carbocycles. The Morgan fingerprint density at radius 2 is 0.946 bits per heavy atom. The molecule has 5 rings (SSSR count). The molecule has 37 heavy (non-hydrogen) atoms. The largest absolute Gasteiger partial charge is 0.289 e. The molecule has 3 heterocycles. The van der Waals surface area contributed by atoms with Crippen LogP contribution in [0.15, 0.2) is 129 Å². The highest BCUT2D eigenvalue weighted by molar-refractivity contribution is 6.11. The van der Waals surface area contributed by atoms with Crippen LogP contribution in [0.3, 0.4) is 0 Å². The first kappa shape index (κ1) is 23.8. The lowest BCUT2D eigenvalue weighted by atomic mass is 9.90. The summed E-state index contributed by atoms with van der Waals surface area (Å²) >= 11 is 0. The zero-order valence-corrected chi connectivity index (χ0v) is 20.5. The van der Waals surface area contributed by atoms with Gasteiger partial charge in [-0.05, 0) is 124 Å². The minimum Gasteiger partial charge on any atom is -0.289 e. The number of hydrogen-bond donors (Lipinski definition) is 0. The molecule has 0 aliphatic heterocycles. The van der Waals surface area contributed by atoms with E-state index < -0.39 is 0 Å². The molecule has 0 saturated heterocycles. The molecular formula is C33H25N3O. The van der Waals surface area contributed by atoms with E-state index in [2.05, 4.69) is 33.7 Å². The van der Waals surface area contributed by atoms with Gasteiger partial charge in [0.25, 0.3) is 0 Å². The van der Waals surface area contributed by atoms with Crippen LogP contribution in [0.1, 0.15) is 28.4 Å². The quantitative estimate of drug-likeness (QED) is 0.177. The molecule has 4 nitrogen and oxygen atoms in total. The predicted molar refractivity (Wildman–Crippen MR) is 150 cm³/mol. The molecule has 3 aromatic heterocycles. The third-order valence-electron chi connectivity index (χ3n) is 6.30. The van der Waals surface area contributed by atoms with Gasteiger partial charge in [-0.2, -0.15) is 0 Å². The molecule has 0 aliphatic rings. The van der Waals surface area contributed by atoms with Crippen LogP contribution >= 0.6 is 0 Å². The number of pyridine rings is 3. The van der Waals surface area contributed by atoms with Crippen LogP contribution in [0.4, 0.5) is 0 Å². The Bertz CT molecular complexity index is 1530. The van der Waals surface area contributed by atoms with Crippen LogP contribution < -0.4 is 0 Å². The van der Waals surface area contributed by atoms with Crippen LogP contribution in [0.5, 0.6) is 0 Å². The fraction of sp³-hybridized carbons (Fsp3) is 0.0303. The summed E-state index contributed by atoms with van der Waals surface area (Å²) in [7, 11) is 0. The molecule has 0 atom stereocenters. The lowest BCUT2D eigenvalue weighted by molar-refractivity contribution is 0.103. The maximum absolute atomic E-state index is 14.1. The summed E-state index contributed by atoms with van der Waals surface area (Å²) in [5, 5.41) is 0. The highest BCUT2D eigenvalue weighted by Crippen LogP contribution is 2.31. The van der Waals surface area contributed by atoms with E-state index in [1.165, 1.54) is 0 Å². The van der Waals surface area contributed by atoms with Crippen LogP contribution in [-0.4, -0.2) is 20.7 Å². The second kappa shape index (κ2) is 10.8. The minimum absolute atomic E-state index is 0.0529. The summed E-state index contributed by atoms with van der Waals surface area (Å²) in [6.07, 6.45) is 14.4. The highest BCUT2D eigenvalue weighted by Gasteiger charge is 2.16. The normalized spacial score (nSPS) is 11.2. The number of allylic oxidation sites excluding steroid dienone is 3. The lowest BCUT2D eigenvalue weighted by Crippen LogP contribution is -2.04. The second-order valence-electron chi connectivity index (χ2n) is 8.58. The van der Waals surface area contributed by atoms with Gasteiger partial charge in [0.15, 0.2) is 5.78 Å². The van der Waals surface area contributed by atoms with E-state index in [9.17, 15) is 4.79 Å². The van der Waals surface area contributed by atoms with Gasteiger partial charge in [-0.25, -0.2) is 0 Å². The highest BCUT2D eigenvalue weighted by atomic mass is 16.1. The Morgan fingerprint density at radius 1 is 0.568 bits per heavy atom. The Balaban J connectivity index is 1.68. The number of benzene rings is 2. The number of nitrogens with zero attached hydrogens (tertiary/aromatic N) is 3. The standard InChI is InChI=1S/C33H25N3O/c1-3-23(4-2)27-17-28(24-5-11-34-12-6-24)20-31(19-27)33(37)32-21-29(25-7-13-35-14-8-25)18-30(22-32)26-9-15-36-16-10-26/h3-22H,1H2,2H3/b23-4+. The third kappa shape index (κ3) is 5.19. The van der Waals surface area contributed by atoms with Crippen LogP contribution in [0.2, 0.25) is 0 Å². The van der Waals surface area contributed by atoms with Gasteiger partial charge in [0.05, 0.1) is 0 Å². The van der Waals surface area contributed by atoms with E-state index in [-0.39, 0.29) is 5.78 Å². The molecule has 0 N–H and O–H groups in total. The summed E-state index contributed by atoms with van der Waals surface area (Å²) < 4.78 is 0. The van der Waals surface area contributed by atoms with Crippen molar-refractivity contribution in [3.05, 3.63) is 145 Å². The Labute approximate surface area is 216 Å². The van der Waals surface area contributed by atoms with Crippen molar-refractivity contribution in [3.8, 4) is 33.4 Å². The molecule has 0 aliphatic carbocycles. The molecule has 0 spiro atoms. The predicted octanol–water partition coefficient (Wildman–Crippen LogP) is 7.69. The van der Waals surface area contributed by atoms with Crippen LogP contribution in [0, 0.1) is 0 Å². The first-order valence-corrected chi connectivity index (χ1v) is 12.0. The van der Waals surface area contributed by atoms with Crippen molar-refractivity contribution in [3.63, 3.8) is 0 Å². The average Bonchev–Trinajstić information content (AvgIpc) is 2.98. The number of ketones is 1. The third-order valence-corrected chi connectivity index (χ3v) is 6.30. The van der Waals surface area contributed by atoms with Crippen molar-refractivity contribution < 1.29 is 4.79 Å². The smallest absolute Gasteiger partial charge is 0.193 e. The monoisotopic (exact) mass is 479 g/mol. The van der Waals surface area contributed by atoms with Gasteiger partial charge < -0.3 is 0 Å². The minimum atomic E-state index is -0.0529. The first-order chi connectivity index (χ1) is 18.2. The lowest BCUT2D eigenvalue weighted by Gasteiger charge is -2.13. The van der Waals surface area contributed by atoms with Crippen molar-refractivity contribution in [2.45, 2.75) is 6.92 Å². The van der Waals surface area contributed by atoms with Gasteiger partial charge >= 0.3 is 0 Å². The number of carbonyl (C=O) groups is 1. The Hall–Kier alpha value is -4.96. The van der Waals surface area contributed by atoms with Crippen LogP contribution in [-0.2, 0) is 0 Å². The van der Waals surface area contributed by atoms with Crippen molar-refractivity contribution in [1.82, 2.24) is 15.0 Å². The molecule has 5 aromatic rings. The number of aromatic nitrogens is 3. The molecule has 0 saturated carbocycles. The molecular weight excluding hydrogens is 454 g/mol. The molecule has 0 unspecified atom stereocenters. The summed E-state index contributed by atoms with van der Waals surface area (Å²) in [4.78, 5) is 26.5.